The van der Waals surface area contributed by atoms with Crippen molar-refractivity contribution in [2.24, 2.45) is 5.92 Å². The molecule has 1 saturated carbocycles. The summed E-state index contributed by atoms with van der Waals surface area (Å²) in [5, 5.41) is 10.3. The maximum atomic E-state index is 10.3. The summed E-state index contributed by atoms with van der Waals surface area (Å²) in [6, 6.07) is 0. The van der Waals surface area contributed by atoms with Crippen LogP contribution in [0.5, 0.6) is 0 Å². The van der Waals surface area contributed by atoms with Crippen molar-refractivity contribution in [1.82, 2.24) is 0 Å². The van der Waals surface area contributed by atoms with Crippen molar-refractivity contribution in [2.45, 2.75) is 70.3 Å². The first-order chi connectivity index (χ1) is 7.38. The van der Waals surface area contributed by atoms with E-state index in [1.165, 1.54) is 63.4 Å². The Hall–Kier alpha value is -0.300. The Morgan fingerprint density at radius 1 is 1.00 bits per heavy atom. The Kier molecular flexibility index (Phi) is 4.25. The summed E-state index contributed by atoms with van der Waals surface area (Å²) < 4.78 is 0. The van der Waals surface area contributed by atoms with E-state index in [4.69, 9.17) is 0 Å². The van der Waals surface area contributed by atoms with Crippen LogP contribution in [0.3, 0.4) is 0 Å². The third kappa shape index (κ3) is 3.07. The summed E-state index contributed by atoms with van der Waals surface area (Å²) in [6.45, 7) is 0. The van der Waals surface area contributed by atoms with Crippen molar-refractivity contribution >= 4 is 0 Å². The second kappa shape index (κ2) is 5.69. The average molecular weight is 208 g/mol. The number of aliphatic hydroxyl groups is 1. The molecule has 0 aromatic heterocycles. The lowest BCUT2D eigenvalue weighted by Crippen LogP contribution is -2.20. The van der Waals surface area contributed by atoms with Gasteiger partial charge < -0.3 is 5.11 Å². The normalized spacial score (nSPS) is 26.9. The predicted molar refractivity (Wildman–Crippen MR) is 63.7 cm³/mol. The van der Waals surface area contributed by atoms with Crippen LogP contribution in [0, 0.1) is 5.92 Å². The van der Waals surface area contributed by atoms with Crippen molar-refractivity contribution in [1.29, 1.82) is 0 Å². The van der Waals surface area contributed by atoms with Crippen LogP contribution in [0.25, 0.3) is 0 Å². The van der Waals surface area contributed by atoms with E-state index >= 15 is 0 Å². The molecule has 0 aromatic carbocycles. The molecule has 1 nitrogen and oxygen atoms in total. The smallest absolute Gasteiger partial charge is 0.0778 e. The van der Waals surface area contributed by atoms with E-state index in [-0.39, 0.29) is 6.10 Å². The second-order valence-electron chi connectivity index (χ2n) is 5.22. The van der Waals surface area contributed by atoms with Gasteiger partial charge in [-0.3, -0.25) is 0 Å². The molecule has 1 atom stereocenters. The van der Waals surface area contributed by atoms with Gasteiger partial charge in [0.15, 0.2) is 0 Å². The lowest BCUT2D eigenvalue weighted by molar-refractivity contribution is 0.139. The molecule has 0 saturated heterocycles. The molecule has 1 unspecified atom stereocenters. The zero-order valence-corrected chi connectivity index (χ0v) is 9.75. The lowest BCUT2D eigenvalue weighted by Gasteiger charge is -2.22. The number of hydrogen-bond donors (Lipinski definition) is 1. The molecule has 2 aliphatic carbocycles. The quantitative estimate of drug-likeness (QED) is 0.684. The maximum absolute atomic E-state index is 10.3. The number of rotatable bonds is 2. The highest BCUT2D eigenvalue weighted by Gasteiger charge is 2.25. The van der Waals surface area contributed by atoms with Crippen molar-refractivity contribution in [2.75, 3.05) is 0 Å². The monoisotopic (exact) mass is 208 g/mol. The number of allylic oxidation sites excluding steroid dienone is 1. The molecule has 0 aliphatic heterocycles. The third-order valence-electron chi connectivity index (χ3n) is 4.05. The van der Waals surface area contributed by atoms with Crippen LogP contribution in [0.2, 0.25) is 0 Å². The van der Waals surface area contributed by atoms with E-state index < -0.39 is 0 Å². The summed E-state index contributed by atoms with van der Waals surface area (Å²) >= 11 is 0. The Morgan fingerprint density at radius 2 is 1.73 bits per heavy atom. The summed E-state index contributed by atoms with van der Waals surface area (Å²) in [5.74, 6) is 0.579. The SMILES string of the molecule is OC(C1=CCCCCCC1)C1CCCC1. The van der Waals surface area contributed by atoms with Crippen molar-refractivity contribution in [3.8, 4) is 0 Å². The van der Waals surface area contributed by atoms with Gasteiger partial charge in [-0.2, -0.15) is 0 Å². The standard InChI is InChI=1S/C14H24O/c15-14(13-10-6-7-11-13)12-8-4-2-1-3-5-9-12/h8,13-15H,1-7,9-11H2. The fraction of sp³-hybridized carbons (Fsp3) is 0.857. The molecule has 86 valence electrons. The summed E-state index contributed by atoms with van der Waals surface area (Å²) in [6.07, 6.45) is 15.1. The maximum Gasteiger partial charge on any atom is 0.0778 e. The van der Waals surface area contributed by atoms with Crippen LogP contribution in [0.15, 0.2) is 11.6 Å². The van der Waals surface area contributed by atoms with Gasteiger partial charge in [-0.05, 0) is 50.0 Å². The number of hydrogen-bond acceptors (Lipinski definition) is 1. The van der Waals surface area contributed by atoms with Gasteiger partial charge in [-0.1, -0.05) is 31.8 Å². The molecule has 0 heterocycles. The average Bonchev–Trinajstić information content (AvgIpc) is 2.68. The van der Waals surface area contributed by atoms with Crippen LogP contribution in [0.4, 0.5) is 0 Å². The second-order valence-corrected chi connectivity index (χ2v) is 5.22. The molecule has 0 spiro atoms. The van der Waals surface area contributed by atoms with Gasteiger partial charge in [0, 0.05) is 0 Å². The van der Waals surface area contributed by atoms with Crippen molar-refractivity contribution in [3.05, 3.63) is 11.6 Å². The molecular weight excluding hydrogens is 184 g/mol. The Balaban J connectivity index is 1.93. The predicted octanol–water partition coefficient (Wildman–Crippen LogP) is 3.82. The molecule has 1 fully saturated rings. The van der Waals surface area contributed by atoms with E-state index in [0.717, 1.165) is 6.42 Å². The van der Waals surface area contributed by atoms with Gasteiger partial charge in [0.2, 0.25) is 0 Å². The summed E-state index contributed by atoms with van der Waals surface area (Å²) in [5.41, 5.74) is 1.36. The van der Waals surface area contributed by atoms with E-state index in [2.05, 4.69) is 6.08 Å². The molecule has 0 amide bonds. The molecular formula is C14H24O. The lowest BCUT2D eigenvalue weighted by atomic mass is 9.89. The van der Waals surface area contributed by atoms with E-state index in [0.29, 0.717) is 5.92 Å². The first-order valence-corrected chi connectivity index (χ1v) is 6.75. The zero-order chi connectivity index (χ0) is 10.5. The third-order valence-corrected chi connectivity index (χ3v) is 4.05. The highest BCUT2D eigenvalue weighted by molar-refractivity contribution is 5.10. The molecule has 1 N–H and O–H groups in total. The van der Waals surface area contributed by atoms with Gasteiger partial charge in [-0.25, -0.2) is 0 Å². The van der Waals surface area contributed by atoms with E-state index in [1.807, 2.05) is 0 Å². The van der Waals surface area contributed by atoms with E-state index in [9.17, 15) is 5.11 Å². The molecule has 0 radical (unpaired) electrons. The van der Waals surface area contributed by atoms with Crippen LogP contribution < -0.4 is 0 Å². The minimum absolute atomic E-state index is 0.106. The van der Waals surface area contributed by atoms with Crippen LogP contribution in [-0.4, -0.2) is 11.2 Å². The molecule has 15 heavy (non-hydrogen) atoms. The zero-order valence-electron chi connectivity index (χ0n) is 9.75. The van der Waals surface area contributed by atoms with Gasteiger partial charge in [0.05, 0.1) is 6.10 Å². The molecule has 0 aromatic rings. The molecule has 2 aliphatic rings. The van der Waals surface area contributed by atoms with Crippen LogP contribution >= 0.6 is 0 Å². The number of aliphatic hydroxyl groups excluding tert-OH is 1. The topological polar surface area (TPSA) is 20.2 Å². The van der Waals surface area contributed by atoms with Gasteiger partial charge in [-0.15, -0.1) is 0 Å². The van der Waals surface area contributed by atoms with Crippen molar-refractivity contribution < 1.29 is 5.11 Å². The Bertz CT molecular complexity index is 213. The highest BCUT2D eigenvalue weighted by atomic mass is 16.3. The minimum atomic E-state index is -0.106. The van der Waals surface area contributed by atoms with Gasteiger partial charge >= 0.3 is 0 Å². The first kappa shape index (κ1) is 11.2. The molecule has 0 bridgehead atoms. The summed E-state index contributed by atoms with van der Waals surface area (Å²) in [4.78, 5) is 0. The van der Waals surface area contributed by atoms with E-state index in [1.54, 1.807) is 0 Å². The van der Waals surface area contributed by atoms with Crippen molar-refractivity contribution in [3.63, 3.8) is 0 Å². The Morgan fingerprint density at radius 3 is 2.53 bits per heavy atom. The van der Waals surface area contributed by atoms with Crippen LogP contribution in [-0.2, 0) is 0 Å². The molecule has 1 heteroatoms. The largest absolute Gasteiger partial charge is 0.388 e. The fourth-order valence-electron chi connectivity index (χ4n) is 3.06. The fourth-order valence-corrected chi connectivity index (χ4v) is 3.06. The first-order valence-electron chi connectivity index (χ1n) is 6.75. The summed E-state index contributed by atoms with van der Waals surface area (Å²) in [7, 11) is 0. The highest BCUT2D eigenvalue weighted by Crippen LogP contribution is 2.33. The van der Waals surface area contributed by atoms with Gasteiger partial charge in [0.1, 0.15) is 0 Å². The van der Waals surface area contributed by atoms with Gasteiger partial charge in [0.25, 0.3) is 0 Å². The molecule has 2 rings (SSSR count). The Labute approximate surface area is 93.6 Å². The van der Waals surface area contributed by atoms with Crippen LogP contribution in [0.1, 0.15) is 64.2 Å². The minimum Gasteiger partial charge on any atom is -0.388 e.